The molecule has 2 atom stereocenters. The van der Waals surface area contributed by atoms with Crippen LogP contribution in [0.2, 0.25) is 0 Å². The Labute approximate surface area is 250 Å². The zero-order valence-corrected chi connectivity index (χ0v) is 24.9. The Morgan fingerprint density at radius 1 is 0.952 bits per heavy atom. The minimum absolute atomic E-state index is 0.0510. The van der Waals surface area contributed by atoms with Crippen molar-refractivity contribution in [2.75, 3.05) is 26.3 Å². The Kier molecular flexibility index (Phi) is 11.7. The van der Waals surface area contributed by atoms with Crippen LogP contribution in [0.1, 0.15) is 83.5 Å². The summed E-state index contributed by atoms with van der Waals surface area (Å²) in [5, 5.41) is 5.56. The molecular weight excluding hydrogens is 530 g/mol. The lowest BCUT2D eigenvalue weighted by atomic mass is 9.94. The number of nitrogens with one attached hydrogen (secondary N) is 2. The van der Waals surface area contributed by atoms with Crippen LogP contribution in [0.5, 0.6) is 5.75 Å². The number of rotatable bonds is 13. The normalized spacial score (nSPS) is 22.2. The predicted octanol–water partition coefficient (Wildman–Crippen LogP) is 5.80. The molecule has 2 N–H and O–H groups in total. The quantitative estimate of drug-likeness (QED) is 0.178. The van der Waals surface area contributed by atoms with Crippen molar-refractivity contribution in [1.29, 1.82) is 0 Å². The highest BCUT2D eigenvalue weighted by Gasteiger charge is 2.30. The molecule has 2 saturated heterocycles. The molecule has 2 heterocycles. The molecule has 0 radical (unpaired) electrons. The summed E-state index contributed by atoms with van der Waals surface area (Å²) in [6, 6.07) is 15.0. The van der Waals surface area contributed by atoms with E-state index in [-0.39, 0.29) is 30.8 Å². The van der Waals surface area contributed by atoms with Crippen LogP contribution >= 0.6 is 0 Å². The molecule has 228 valence electrons. The van der Waals surface area contributed by atoms with Crippen LogP contribution in [0, 0.1) is 0 Å². The molecule has 2 aliphatic heterocycles. The number of carbonyl (C=O) groups is 2. The second-order valence-electron chi connectivity index (χ2n) is 12.0. The van der Waals surface area contributed by atoms with Crippen molar-refractivity contribution < 1.29 is 23.9 Å². The smallest absolute Gasteiger partial charge is 0.250 e. The van der Waals surface area contributed by atoms with Crippen LogP contribution in [-0.2, 0) is 19.2 Å². The molecule has 8 heteroatoms. The molecular formula is C34H47N3O5. The lowest BCUT2D eigenvalue weighted by Gasteiger charge is -2.31. The van der Waals surface area contributed by atoms with Crippen LogP contribution < -0.4 is 15.5 Å². The van der Waals surface area contributed by atoms with Crippen molar-refractivity contribution in [3.63, 3.8) is 0 Å². The summed E-state index contributed by atoms with van der Waals surface area (Å²) in [4.78, 5) is 33.6. The summed E-state index contributed by atoms with van der Waals surface area (Å²) >= 11 is 0. The number of nitrogens with zero attached hydrogens (tertiary/aromatic N) is 1. The fourth-order valence-electron chi connectivity index (χ4n) is 6.29. The van der Waals surface area contributed by atoms with Gasteiger partial charge >= 0.3 is 0 Å². The predicted molar refractivity (Wildman–Crippen MR) is 164 cm³/mol. The topological polar surface area (TPSA) is 89.1 Å². The van der Waals surface area contributed by atoms with Crippen molar-refractivity contribution in [2.24, 2.45) is 0 Å². The molecule has 5 rings (SSSR count). The maximum absolute atomic E-state index is 13.5. The fraction of sp³-hybridized carbons (Fsp3) is 0.588. The first kappa shape index (κ1) is 30.5. The Morgan fingerprint density at radius 3 is 2.62 bits per heavy atom. The van der Waals surface area contributed by atoms with Crippen molar-refractivity contribution in [3.8, 4) is 5.75 Å². The standard InChI is InChI=1S/C34H47N3O5/c38-32(36-42-33-17-9-10-22-40-33)16-6-1-3-13-28(25-41-31-19-18-26-11-7-8-12-27(26)23-31)34(39)35-29-20-21-37(24-29)30-14-4-2-5-15-30/h7-8,11-13,18-19,23,29-30,33H,1-6,9-10,14-17,20-22,24-25H2,(H,35,39)(H,36,38)/b28-13+. The molecule has 0 spiro atoms. The van der Waals surface area contributed by atoms with Gasteiger partial charge in [0, 0.05) is 44.6 Å². The van der Waals surface area contributed by atoms with Gasteiger partial charge in [-0.15, -0.1) is 0 Å². The minimum Gasteiger partial charge on any atom is -0.489 e. The number of ether oxygens (including phenoxy) is 2. The van der Waals surface area contributed by atoms with Gasteiger partial charge in [-0.2, -0.15) is 0 Å². The van der Waals surface area contributed by atoms with Gasteiger partial charge in [0.2, 0.25) is 5.91 Å². The number of benzene rings is 2. The SMILES string of the molecule is O=C(CCCC/C=C(\COc1ccc2ccccc2c1)C(=O)NC1CCN(C2CCCCC2)C1)NOC1CCCCO1. The molecule has 1 saturated carbocycles. The minimum atomic E-state index is -0.344. The lowest BCUT2D eigenvalue weighted by Crippen LogP contribution is -2.41. The highest BCUT2D eigenvalue weighted by Crippen LogP contribution is 2.26. The number of unbranched alkanes of at least 4 members (excludes halogenated alkanes) is 2. The van der Waals surface area contributed by atoms with E-state index < -0.39 is 0 Å². The fourth-order valence-corrected chi connectivity index (χ4v) is 6.29. The number of allylic oxidation sites excluding steroid dienone is 1. The van der Waals surface area contributed by atoms with Gasteiger partial charge in [-0.3, -0.25) is 14.5 Å². The van der Waals surface area contributed by atoms with Gasteiger partial charge < -0.3 is 14.8 Å². The lowest BCUT2D eigenvalue weighted by molar-refractivity contribution is -0.200. The van der Waals surface area contributed by atoms with Gasteiger partial charge in [0.15, 0.2) is 6.29 Å². The maximum atomic E-state index is 13.5. The molecule has 2 aromatic rings. The molecule has 8 nitrogen and oxygen atoms in total. The van der Waals surface area contributed by atoms with E-state index in [1.165, 1.54) is 32.1 Å². The third-order valence-electron chi connectivity index (χ3n) is 8.74. The van der Waals surface area contributed by atoms with E-state index in [0.717, 1.165) is 61.7 Å². The van der Waals surface area contributed by atoms with Crippen LogP contribution in [0.15, 0.2) is 54.1 Å². The summed E-state index contributed by atoms with van der Waals surface area (Å²) in [6.07, 6.45) is 14.6. The van der Waals surface area contributed by atoms with Gasteiger partial charge in [-0.25, -0.2) is 10.3 Å². The van der Waals surface area contributed by atoms with E-state index in [2.05, 4.69) is 27.8 Å². The number of likely N-dealkylation sites (tertiary alicyclic amines) is 1. The summed E-state index contributed by atoms with van der Waals surface area (Å²) < 4.78 is 11.6. The largest absolute Gasteiger partial charge is 0.489 e. The van der Waals surface area contributed by atoms with Crippen molar-refractivity contribution in [3.05, 3.63) is 54.1 Å². The highest BCUT2D eigenvalue weighted by molar-refractivity contribution is 5.94. The summed E-state index contributed by atoms with van der Waals surface area (Å²) in [5.41, 5.74) is 3.16. The van der Waals surface area contributed by atoms with Gasteiger partial charge in [0.05, 0.1) is 5.57 Å². The molecule has 2 amide bonds. The molecule has 3 aliphatic rings. The Balaban J connectivity index is 1.12. The molecule has 1 aliphatic carbocycles. The van der Waals surface area contributed by atoms with Gasteiger partial charge in [-0.1, -0.05) is 55.7 Å². The van der Waals surface area contributed by atoms with Gasteiger partial charge in [-0.05, 0) is 74.3 Å². The molecule has 0 bridgehead atoms. The number of hydrogen-bond donors (Lipinski definition) is 2. The average molecular weight is 578 g/mol. The Bertz CT molecular complexity index is 1190. The first-order chi connectivity index (χ1) is 20.6. The van der Waals surface area contributed by atoms with Crippen molar-refractivity contribution in [1.82, 2.24) is 15.7 Å². The van der Waals surface area contributed by atoms with Crippen LogP contribution in [0.25, 0.3) is 10.8 Å². The monoisotopic (exact) mass is 577 g/mol. The van der Waals surface area contributed by atoms with Crippen LogP contribution in [0.4, 0.5) is 0 Å². The third-order valence-corrected chi connectivity index (χ3v) is 8.74. The van der Waals surface area contributed by atoms with Crippen LogP contribution in [-0.4, -0.2) is 61.4 Å². The van der Waals surface area contributed by atoms with Crippen molar-refractivity contribution >= 4 is 22.6 Å². The second-order valence-corrected chi connectivity index (χ2v) is 12.0. The zero-order valence-electron chi connectivity index (χ0n) is 24.9. The Morgan fingerprint density at radius 2 is 1.79 bits per heavy atom. The zero-order chi connectivity index (χ0) is 29.0. The molecule has 42 heavy (non-hydrogen) atoms. The number of hydrogen-bond acceptors (Lipinski definition) is 6. The number of hydroxylamine groups is 1. The van der Waals surface area contributed by atoms with E-state index in [4.69, 9.17) is 14.3 Å². The third kappa shape index (κ3) is 9.28. The molecule has 3 fully saturated rings. The van der Waals surface area contributed by atoms with E-state index in [1.807, 2.05) is 36.4 Å². The molecule has 2 aromatic carbocycles. The molecule has 2 unspecified atom stereocenters. The molecule has 0 aromatic heterocycles. The summed E-state index contributed by atoms with van der Waals surface area (Å²) in [6.45, 7) is 2.87. The van der Waals surface area contributed by atoms with Crippen LogP contribution in [0.3, 0.4) is 0 Å². The van der Waals surface area contributed by atoms with E-state index >= 15 is 0 Å². The summed E-state index contributed by atoms with van der Waals surface area (Å²) in [5.74, 6) is 0.551. The first-order valence-corrected chi connectivity index (χ1v) is 16.1. The first-order valence-electron chi connectivity index (χ1n) is 16.1. The van der Waals surface area contributed by atoms with Crippen molar-refractivity contribution in [2.45, 2.75) is 102 Å². The highest BCUT2D eigenvalue weighted by atomic mass is 16.8. The average Bonchev–Trinajstić information content (AvgIpc) is 3.50. The number of carbonyl (C=O) groups excluding carboxylic acids is 2. The van der Waals surface area contributed by atoms with E-state index in [9.17, 15) is 9.59 Å². The second kappa shape index (κ2) is 16.1. The number of amides is 2. The van der Waals surface area contributed by atoms with E-state index in [1.54, 1.807) is 0 Å². The van der Waals surface area contributed by atoms with E-state index in [0.29, 0.717) is 37.5 Å². The maximum Gasteiger partial charge on any atom is 0.250 e. The Hall–Kier alpha value is -2.94. The number of fused-ring (bicyclic) bond motifs is 1. The summed E-state index contributed by atoms with van der Waals surface area (Å²) in [7, 11) is 0. The van der Waals surface area contributed by atoms with Gasteiger partial charge in [0.1, 0.15) is 12.4 Å². The van der Waals surface area contributed by atoms with Gasteiger partial charge in [0.25, 0.3) is 5.91 Å².